The summed E-state index contributed by atoms with van der Waals surface area (Å²) in [6.07, 6.45) is 0.744. The van der Waals surface area contributed by atoms with E-state index in [0.717, 1.165) is 12.2 Å². The van der Waals surface area contributed by atoms with Gasteiger partial charge in [0.15, 0.2) is 5.82 Å². The van der Waals surface area contributed by atoms with Crippen molar-refractivity contribution < 1.29 is 0 Å². The molecule has 0 saturated heterocycles. The molecule has 0 aliphatic rings. The van der Waals surface area contributed by atoms with E-state index in [9.17, 15) is 0 Å². The largest absolute Gasteiger partial charge is 0.313 e. The maximum Gasteiger partial charge on any atom is 0.176 e. The molecule has 5 nitrogen and oxygen atoms in total. The Morgan fingerprint density at radius 2 is 2.24 bits per heavy atom. The van der Waals surface area contributed by atoms with Crippen molar-refractivity contribution in [3.05, 3.63) is 41.2 Å². The second kappa shape index (κ2) is 5.05. The molecule has 1 N–H and O–H groups in total. The summed E-state index contributed by atoms with van der Waals surface area (Å²) in [4.78, 5) is 1.48. The van der Waals surface area contributed by atoms with Gasteiger partial charge >= 0.3 is 0 Å². The van der Waals surface area contributed by atoms with Crippen LogP contribution in [0.1, 0.15) is 23.0 Å². The fourth-order valence-corrected chi connectivity index (χ4v) is 1.86. The summed E-state index contributed by atoms with van der Waals surface area (Å²) < 4.78 is 0. The number of nitrogens with zero attached hydrogens (tertiary/aromatic N) is 4. The number of hydrogen-bond acceptors (Lipinski definition) is 4. The average Bonchev–Trinajstić information content (AvgIpc) is 2.72. The molecule has 0 spiro atoms. The van der Waals surface area contributed by atoms with E-state index in [1.165, 1.54) is 15.9 Å². The van der Waals surface area contributed by atoms with E-state index in [-0.39, 0.29) is 6.04 Å². The van der Waals surface area contributed by atoms with E-state index >= 15 is 0 Å². The monoisotopic (exact) mass is 231 g/mol. The van der Waals surface area contributed by atoms with Crippen LogP contribution in [0.15, 0.2) is 24.3 Å². The molecule has 1 unspecified atom stereocenters. The lowest BCUT2D eigenvalue weighted by atomic mass is 10.0. The molecule has 0 amide bonds. The molecule has 0 bridgehead atoms. The first-order valence-electron chi connectivity index (χ1n) is 5.65. The number of aromatic nitrogens is 4. The molecule has 1 aromatic carbocycles. The zero-order valence-corrected chi connectivity index (χ0v) is 10.4. The van der Waals surface area contributed by atoms with Crippen LogP contribution in [0, 0.1) is 6.92 Å². The van der Waals surface area contributed by atoms with Gasteiger partial charge in [-0.05, 0) is 24.7 Å². The Bertz CT molecular complexity index is 491. The zero-order valence-electron chi connectivity index (χ0n) is 10.4. The van der Waals surface area contributed by atoms with Gasteiger partial charge in [0.25, 0.3) is 0 Å². The first-order chi connectivity index (χ1) is 8.19. The van der Waals surface area contributed by atoms with E-state index in [1.807, 2.05) is 7.05 Å². The number of likely N-dealkylation sites (N-methyl/N-ethyl adjacent to an activating group) is 1. The predicted molar refractivity (Wildman–Crippen MR) is 65.5 cm³/mol. The van der Waals surface area contributed by atoms with E-state index in [2.05, 4.69) is 51.9 Å². The Labute approximate surface area is 101 Å². The molecule has 0 radical (unpaired) electrons. The van der Waals surface area contributed by atoms with E-state index in [1.54, 1.807) is 7.05 Å². The summed E-state index contributed by atoms with van der Waals surface area (Å²) >= 11 is 0. The molecule has 5 heteroatoms. The fraction of sp³-hybridized carbons (Fsp3) is 0.417. The Kier molecular flexibility index (Phi) is 3.49. The summed E-state index contributed by atoms with van der Waals surface area (Å²) in [6.45, 7) is 2.09. The molecule has 2 aromatic rings. The first-order valence-corrected chi connectivity index (χ1v) is 5.65. The highest BCUT2D eigenvalue weighted by Gasteiger charge is 2.13. The zero-order chi connectivity index (χ0) is 12.3. The molecular formula is C12H17N5. The highest BCUT2D eigenvalue weighted by Crippen LogP contribution is 2.17. The third kappa shape index (κ3) is 2.88. The number of tetrazole rings is 1. The van der Waals surface area contributed by atoms with Gasteiger partial charge in [-0.2, -0.15) is 4.80 Å². The Morgan fingerprint density at radius 1 is 1.41 bits per heavy atom. The third-order valence-electron chi connectivity index (χ3n) is 2.73. The lowest BCUT2D eigenvalue weighted by molar-refractivity contribution is 0.570. The smallest absolute Gasteiger partial charge is 0.176 e. The molecule has 17 heavy (non-hydrogen) atoms. The molecule has 2 rings (SSSR count). The van der Waals surface area contributed by atoms with E-state index < -0.39 is 0 Å². The number of hydrogen-bond donors (Lipinski definition) is 1. The SMILES string of the molecule is CNC(Cc1nnn(C)n1)c1cccc(C)c1. The summed E-state index contributed by atoms with van der Waals surface area (Å²) in [5.74, 6) is 0.758. The second-order valence-corrected chi connectivity index (χ2v) is 4.15. The summed E-state index contributed by atoms with van der Waals surface area (Å²) in [5, 5.41) is 15.3. The first kappa shape index (κ1) is 11.7. The van der Waals surface area contributed by atoms with Gasteiger partial charge in [-0.15, -0.1) is 10.2 Å². The van der Waals surface area contributed by atoms with Crippen molar-refractivity contribution in [2.24, 2.45) is 7.05 Å². The van der Waals surface area contributed by atoms with Crippen LogP contribution < -0.4 is 5.32 Å². The van der Waals surface area contributed by atoms with Crippen LogP contribution in [0.4, 0.5) is 0 Å². The molecule has 1 aromatic heterocycles. The van der Waals surface area contributed by atoms with Crippen molar-refractivity contribution >= 4 is 0 Å². The molecule has 0 fully saturated rings. The quantitative estimate of drug-likeness (QED) is 0.853. The van der Waals surface area contributed by atoms with Crippen LogP contribution in [0.5, 0.6) is 0 Å². The van der Waals surface area contributed by atoms with Crippen LogP contribution in [0.3, 0.4) is 0 Å². The molecule has 1 heterocycles. The Hall–Kier alpha value is -1.75. The van der Waals surface area contributed by atoms with Gasteiger partial charge < -0.3 is 5.32 Å². The molecule has 1 atom stereocenters. The van der Waals surface area contributed by atoms with Gasteiger partial charge in [-0.25, -0.2) is 0 Å². The van der Waals surface area contributed by atoms with Crippen molar-refractivity contribution in [3.63, 3.8) is 0 Å². The van der Waals surface area contributed by atoms with Crippen LogP contribution in [0.2, 0.25) is 0 Å². The highest BCUT2D eigenvalue weighted by atomic mass is 15.6. The summed E-state index contributed by atoms with van der Waals surface area (Å²) in [5.41, 5.74) is 2.51. The van der Waals surface area contributed by atoms with Crippen molar-refractivity contribution in [3.8, 4) is 0 Å². The highest BCUT2D eigenvalue weighted by molar-refractivity contribution is 5.25. The minimum absolute atomic E-state index is 0.221. The van der Waals surface area contributed by atoms with Crippen LogP contribution in [-0.2, 0) is 13.5 Å². The van der Waals surface area contributed by atoms with E-state index in [4.69, 9.17) is 0 Å². The molecule has 0 aliphatic carbocycles. The van der Waals surface area contributed by atoms with Gasteiger partial charge in [-0.1, -0.05) is 29.8 Å². The van der Waals surface area contributed by atoms with Gasteiger partial charge in [0.1, 0.15) is 0 Å². The lowest BCUT2D eigenvalue weighted by Crippen LogP contribution is -2.19. The molecule has 0 saturated carbocycles. The Balaban J connectivity index is 2.16. The topological polar surface area (TPSA) is 55.6 Å². The van der Waals surface area contributed by atoms with Crippen LogP contribution in [-0.4, -0.2) is 27.3 Å². The molecular weight excluding hydrogens is 214 g/mol. The third-order valence-corrected chi connectivity index (χ3v) is 2.73. The van der Waals surface area contributed by atoms with Crippen molar-refractivity contribution in [1.82, 2.24) is 25.5 Å². The van der Waals surface area contributed by atoms with Gasteiger partial charge in [0.05, 0.1) is 7.05 Å². The fourth-order valence-electron chi connectivity index (χ4n) is 1.86. The summed E-state index contributed by atoms with van der Waals surface area (Å²) in [7, 11) is 3.72. The average molecular weight is 231 g/mol. The predicted octanol–water partition coefficient (Wildman–Crippen LogP) is 1.02. The van der Waals surface area contributed by atoms with Crippen molar-refractivity contribution in [2.75, 3.05) is 7.05 Å². The maximum absolute atomic E-state index is 4.20. The number of rotatable bonds is 4. The minimum atomic E-state index is 0.221. The van der Waals surface area contributed by atoms with Gasteiger partial charge in [-0.3, -0.25) is 0 Å². The van der Waals surface area contributed by atoms with Crippen molar-refractivity contribution in [1.29, 1.82) is 0 Å². The van der Waals surface area contributed by atoms with Gasteiger partial charge in [0, 0.05) is 12.5 Å². The second-order valence-electron chi connectivity index (χ2n) is 4.15. The van der Waals surface area contributed by atoms with Crippen LogP contribution >= 0.6 is 0 Å². The number of aryl methyl sites for hydroxylation is 2. The summed E-state index contributed by atoms with van der Waals surface area (Å²) in [6, 6.07) is 8.68. The number of benzene rings is 1. The Morgan fingerprint density at radius 3 is 2.82 bits per heavy atom. The molecule has 0 aliphatic heterocycles. The maximum atomic E-state index is 4.20. The number of nitrogens with one attached hydrogen (secondary N) is 1. The van der Waals surface area contributed by atoms with Crippen LogP contribution in [0.25, 0.3) is 0 Å². The normalized spacial score (nSPS) is 12.6. The standard InChI is InChI=1S/C12H17N5/c1-9-5-4-6-10(7-9)11(13-2)8-12-14-16-17(3)15-12/h4-7,11,13H,8H2,1-3H3. The van der Waals surface area contributed by atoms with Crippen molar-refractivity contribution in [2.45, 2.75) is 19.4 Å². The van der Waals surface area contributed by atoms with Gasteiger partial charge in [0.2, 0.25) is 0 Å². The van der Waals surface area contributed by atoms with E-state index in [0.29, 0.717) is 0 Å². The minimum Gasteiger partial charge on any atom is -0.313 e. The molecule has 90 valence electrons. The lowest BCUT2D eigenvalue weighted by Gasteiger charge is -2.15.